The molecular formula is C6H9BrO3. The van der Waals surface area contributed by atoms with E-state index in [2.05, 4.69) is 20.7 Å². The predicted molar refractivity (Wildman–Crippen MR) is 39.8 cm³/mol. The van der Waals surface area contributed by atoms with E-state index >= 15 is 0 Å². The number of hydrogen-bond acceptors (Lipinski definition) is 3. The maximum atomic E-state index is 10.5. The lowest BCUT2D eigenvalue weighted by molar-refractivity contribution is -0.151. The second-order valence-electron chi connectivity index (χ2n) is 1.79. The van der Waals surface area contributed by atoms with Crippen molar-refractivity contribution >= 4 is 26.6 Å². The van der Waals surface area contributed by atoms with Gasteiger partial charge in [0.2, 0.25) is 4.69 Å². The normalized spacial score (nSPS) is 12.3. The van der Waals surface area contributed by atoms with E-state index in [-0.39, 0.29) is 10.7 Å². The first-order valence-corrected chi connectivity index (χ1v) is 3.76. The first-order valence-electron chi connectivity index (χ1n) is 2.96. The average Bonchev–Trinajstić information content (AvgIpc) is 1.87. The molecule has 0 amide bonds. The Morgan fingerprint density at radius 1 is 1.60 bits per heavy atom. The Morgan fingerprint density at radius 3 is 2.40 bits per heavy atom. The van der Waals surface area contributed by atoms with Crippen LogP contribution >= 0.6 is 15.9 Å². The van der Waals surface area contributed by atoms with Crippen LogP contribution in [-0.2, 0) is 14.3 Å². The Bertz CT molecular complexity index is 144. The SMILES string of the molecule is CCC(=O)OC(C)C(=O)Br. The van der Waals surface area contributed by atoms with E-state index in [1.807, 2.05) is 0 Å². The molecule has 0 saturated heterocycles. The Morgan fingerprint density at radius 2 is 2.10 bits per heavy atom. The fourth-order valence-electron chi connectivity index (χ4n) is 0.327. The summed E-state index contributed by atoms with van der Waals surface area (Å²) in [7, 11) is 0. The molecule has 0 aliphatic heterocycles. The predicted octanol–water partition coefficient (Wildman–Crippen LogP) is 1.25. The van der Waals surface area contributed by atoms with Crippen molar-refractivity contribution in [3.8, 4) is 0 Å². The molecule has 0 aromatic rings. The topological polar surface area (TPSA) is 43.4 Å². The summed E-state index contributed by atoms with van der Waals surface area (Å²) in [6.45, 7) is 3.19. The molecule has 1 atom stereocenters. The van der Waals surface area contributed by atoms with Crippen LogP contribution in [-0.4, -0.2) is 16.8 Å². The third-order valence-corrected chi connectivity index (χ3v) is 1.56. The zero-order valence-corrected chi connectivity index (χ0v) is 7.47. The van der Waals surface area contributed by atoms with E-state index in [1.165, 1.54) is 6.92 Å². The van der Waals surface area contributed by atoms with E-state index < -0.39 is 6.10 Å². The highest BCUT2D eigenvalue weighted by molar-refractivity contribution is 9.18. The number of esters is 1. The summed E-state index contributed by atoms with van der Waals surface area (Å²) in [5.41, 5.74) is 0. The standard InChI is InChI=1S/C6H9BrO3/c1-3-5(8)10-4(2)6(7)9/h4H,3H2,1-2H3. The first kappa shape index (κ1) is 9.62. The van der Waals surface area contributed by atoms with Crippen LogP contribution in [0.15, 0.2) is 0 Å². The summed E-state index contributed by atoms with van der Waals surface area (Å²) in [5.74, 6) is -0.361. The maximum absolute atomic E-state index is 10.5. The number of carbonyl (C=O) groups is 2. The Kier molecular flexibility index (Phi) is 4.27. The molecular weight excluding hydrogens is 200 g/mol. The second-order valence-corrected chi connectivity index (χ2v) is 2.57. The van der Waals surface area contributed by atoms with Crippen molar-refractivity contribution in [1.82, 2.24) is 0 Å². The third-order valence-electron chi connectivity index (χ3n) is 0.917. The molecule has 0 spiro atoms. The van der Waals surface area contributed by atoms with Crippen molar-refractivity contribution in [3.05, 3.63) is 0 Å². The molecule has 58 valence electrons. The van der Waals surface area contributed by atoms with Crippen LogP contribution in [0.4, 0.5) is 0 Å². The number of ether oxygens (including phenoxy) is 1. The molecule has 1 unspecified atom stereocenters. The van der Waals surface area contributed by atoms with Gasteiger partial charge in [-0.15, -0.1) is 0 Å². The van der Waals surface area contributed by atoms with Gasteiger partial charge < -0.3 is 4.74 Å². The van der Waals surface area contributed by atoms with E-state index in [9.17, 15) is 9.59 Å². The monoisotopic (exact) mass is 208 g/mol. The highest BCUT2D eigenvalue weighted by atomic mass is 79.9. The van der Waals surface area contributed by atoms with Crippen LogP contribution in [0.5, 0.6) is 0 Å². The minimum absolute atomic E-state index is 0.296. The largest absolute Gasteiger partial charge is 0.454 e. The number of carbonyl (C=O) groups excluding carboxylic acids is 2. The summed E-state index contributed by atoms with van der Waals surface area (Å²) in [5, 5.41) is 0. The zero-order valence-electron chi connectivity index (χ0n) is 5.89. The quantitative estimate of drug-likeness (QED) is 0.518. The van der Waals surface area contributed by atoms with Gasteiger partial charge in [0, 0.05) is 6.42 Å². The minimum Gasteiger partial charge on any atom is -0.454 e. The second kappa shape index (κ2) is 4.44. The molecule has 0 aromatic heterocycles. The van der Waals surface area contributed by atoms with Gasteiger partial charge in [-0.05, 0) is 22.9 Å². The molecule has 4 heteroatoms. The van der Waals surface area contributed by atoms with Gasteiger partial charge >= 0.3 is 5.97 Å². The fourth-order valence-corrected chi connectivity index (χ4v) is 0.420. The Hall–Kier alpha value is -0.380. The van der Waals surface area contributed by atoms with Crippen molar-refractivity contribution in [2.75, 3.05) is 0 Å². The van der Waals surface area contributed by atoms with Crippen LogP contribution in [0.3, 0.4) is 0 Å². The van der Waals surface area contributed by atoms with E-state index in [1.54, 1.807) is 6.92 Å². The van der Waals surface area contributed by atoms with E-state index in [4.69, 9.17) is 0 Å². The Balaban J connectivity index is 3.68. The molecule has 10 heavy (non-hydrogen) atoms. The van der Waals surface area contributed by atoms with Crippen LogP contribution in [0.25, 0.3) is 0 Å². The summed E-state index contributed by atoms with van der Waals surface area (Å²) in [6, 6.07) is 0. The van der Waals surface area contributed by atoms with Gasteiger partial charge in [0.1, 0.15) is 0 Å². The smallest absolute Gasteiger partial charge is 0.306 e. The van der Waals surface area contributed by atoms with Crippen molar-refractivity contribution in [1.29, 1.82) is 0 Å². The summed E-state index contributed by atoms with van der Waals surface area (Å²) in [6.07, 6.45) is -0.377. The van der Waals surface area contributed by atoms with Crippen molar-refractivity contribution in [2.45, 2.75) is 26.4 Å². The molecule has 0 N–H and O–H groups in total. The van der Waals surface area contributed by atoms with Gasteiger partial charge in [-0.3, -0.25) is 9.59 Å². The van der Waals surface area contributed by atoms with Crippen LogP contribution in [0.1, 0.15) is 20.3 Å². The van der Waals surface area contributed by atoms with E-state index in [0.29, 0.717) is 6.42 Å². The maximum Gasteiger partial charge on any atom is 0.306 e. The highest BCUT2D eigenvalue weighted by Crippen LogP contribution is 1.99. The van der Waals surface area contributed by atoms with Gasteiger partial charge in [0.05, 0.1) is 0 Å². The van der Waals surface area contributed by atoms with Gasteiger partial charge in [0.25, 0.3) is 0 Å². The minimum atomic E-state index is -0.674. The van der Waals surface area contributed by atoms with Crippen molar-refractivity contribution in [2.24, 2.45) is 0 Å². The molecule has 0 aliphatic carbocycles. The van der Waals surface area contributed by atoms with Gasteiger partial charge in [0.15, 0.2) is 6.10 Å². The first-order chi connectivity index (χ1) is 4.57. The summed E-state index contributed by atoms with van der Waals surface area (Å²) in [4.78, 5) is 21.0. The summed E-state index contributed by atoms with van der Waals surface area (Å²) >= 11 is 2.68. The van der Waals surface area contributed by atoms with Crippen molar-refractivity contribution < 1.29 is 14.3 Å². The fraction of sp³-hybridized carbons (Fsp3) is 0.667. The molecule has 0 radical (unpaired) electrons. The lowest BCUT2D eigenvalue weighted by Crippen LogP contribution is -2.19. The number of halogens is 1. The number of hydrogen-bond donors (Lipinski definition) is 0. The van der Waals surface area contributed by atoms with E-state index in [0.717, 1.165) is 0 Å². The van der Waals surface area contributed by atoms with Gasteiger partial charge in [-0.25, -0.2) is 0 Å². The third kappa shape index (κ3) is 3.61. The zero-order chi connectivity index (χ0) is 8.15. The van der Waals surface area contributed by atoms with Crippen molar-refractivity contribution in [3.63, 3.8) is 0 Å². The van der Waals surface area contributed by atoms with Gasteiger partial charge in [-0.1, -0.05) is 6.92 Å². The van der Waals surface area contributed by atoms with Crippen LogP contribution in [0.2, 0.25) is 0 Å². The molecule has 3 nitrogen and oxygen atoms in total. The lowest BCUT2D eigenvalue weighted by atomic mass is 10.4. The molecule has 0 rings (SSSR count). The molecule has 0 saturated carbocycles. The van der Waals surface area contributed by atoms with Crippen LogP contribution < -0.4 is 0 Å². The molecule has 0 aromatic carbocycles. The average molecular weight is 209 g/mol. The van der Waals surface area contributed by atoms with Crippen LogP contribution in [0, 0.1) is 0 Å². The molecule has 0 fully saturated rings. The number of rotatable bonds is 3. The molecule has 0 aliphatic rings. The highest BCUT2D eigenvalue weighted by Gasteiger charge is 2.12. The van der Waals surface area contributed by atoms with Gasteiger partial charge in [-0.2, -0.15) is 0 Å². The molecule has 0 bridgehead atoms. The summed E-state index contributed by atoms with van der Waals surface area (Å²) < 4.78 is 4.31. The lowest BCUT2D eigenvalue weighted by Gasteiger charge is -2.06. The molecule has 0 heterocycles. The Labute approximate surface area is 67.9 Å².